The smallest absolute Gasteiger partial charge is 0.422 e. The maximum absolute atomic E-state index is 12.0. The second-order valence-electron chi connectivity index (χ2n) is 4.13. The minimum atomic E-state index is -4.42. The van der Waals surface area contributed by atoms with Gasteiger partial charge in [0.05, 0.1) is 23.7 Å². The number of furan rings is 1. The Morgan fingerprint density at radius 3 is 2.67 bits per heavy atom. The number of halogens is 3. The highest BCUT2D eigenvalue weighted by Gasteiger charge is 2.28. The number of aryl methyl sites for hydroxylation is 1. The van der Waals surface area contributed by atoms with Crippen molar-refractivity contribution in [1.29, 1.82) is 0 Å². The number of carbonyl (C=O) groups is 1. The van der Waals surface area contributed by atoms with Gasteiger partial charge in [0.1, 0.15) is 5.76 Å². The quantitative estimate of drug-likeness (QED) is 0.942. The Hall–Kier alpha value is -2.51. The molecule has 8 heteroatoms. The average molecular weight is 300 g/mol. The topological polar surface area (TPSA) is 64.4 Å². The molecule has 0 atom stereocenters. The third-order valence-corrected chi connectivity index (χ3v) is 2.48. The van der Waals surface area contributed by atoms with Crippen molar-refractivity contribution in [2.24, 2.45) is 0 Å². The van der Waals surface area contributed by atoms with Crippen molar-refractivity contribution in [2.45, 2.75) is 13.1 Å². The normalized spacial score (nSPS) is 11.2. The maximum atomic E-state index is 12.0. The molecule has 0 radical (unpaired) electrons. The van der Waals surface area contributed by atoms with Crippen LogP contribution in [0.5, 0.6) is 5.88 Å². The number of carbonyl (C=O) groups excluding carboxylic acids is 1. The van der Waals surface area contributed by atoms with Crippen LogP contribution in [0.3, 0.4) is 0 Å². The standard InChI is InChI=1S/C13H11F3N2O3/c1-8-10(4-5-20-8)12(19)18-9-2-3-11(17-6-9)21-7-13(14,15)16/h2-6H,7H2,1H3,(H,18,19). The Kier molecular flexibility index (Phi) is 4.15. The van der Waals surface area contributed by atoms with Crippen molar-refractivity contribution in [2.75, 3.05) is 11.9 Å². The van der Waals surface area contributed by atoms with Gasteiger partial charge >= 0.3 is 6.18 Å². The molecule has 0 saturated heterocycles. The van der Waals surface area contributed by atoms with Crippen LogP contribution in [-0.4, -0.2) is 23.7 Å². The van der Waals surface area contributed by atoms with Gasteiger partial charge in [-0.15, -0.1) is 0 Å². The molecule has 0 unspecified atom stereocenters. The van der Waals surface area contributed by atoms with Crippen LogP contribution in [0.15, 0.2) is 35.1 Å². The van der Waals surface area contributed by atoms with E-state index in [0.717, 1.165) is 0 Å². The van der Waals surface area contributed by atoms with Crippen molar-refractivity contribution < 1.29 is 27.1 Å². The summed E-state index contributed by atoms with van der Waals surface area (Å²) >= 11 is 0. The molecule has 2 heterocycles. The zero-order valence-corrected chi connectivity index (χ0v) is 10.9. The van der Waals surface area contributed by atoms with Crippen LogP contribution in [0.2, 0.25) is 0 Å². The van der Waals surface area contributed by atoms with Gasteiger partial charge in [0, 0.05) is 6.07 Å². The highest BCUT2D eigenvalue weighted by Crippen LogP contribution is 2.18. The lowest BCUT2D eigenvalue weighted by molar-refractivity contribution is -0.154. The summed E-state index contributed by atoms with van der Waals surface area (Å²) in [4.78, 5) is 15.5. The van der Waals surface area contributed by atoms with Crippen LogP contribution in [-0.2, 0) is 0 Å². The fraction of sp³-hybridized carbons (Fsp3) is 0.231. The molecule has 112 valence electrons. The molecule has 0 spiro atoms. The first-order chi connectivity index (χ1) is 9.85. The van der Waals surface area contributed by atoms with Gasteiger partial charge in [0.25, 0.3) is 5.91 Å². The maximum Gasteiger partial charge on any atom is 0.422 e. The van der Waals surface area contributed by atoms with Gasteiger partial charge in [-0.05, 0) is 19.1 Å². The van der Waals surface area contributed by atoms with E-state index in [9.17, 15) is 18.0 Å². The van der Waals surface area contributed by atoms with E-state index >= 15 is 0 Å². The molecule has 2 aromatic rings. The molecule has 1 N–H and O–H groups in total. The number of nitrogens with zero attached hydrogens (tertiary/aromatic N) is 1. The Balaban J connectivity index is 1.96. The van der Waals surface area contributed by atoms with Crippen LogP contribution in [0, 0.1) is 6.92 Å². The molecule has 21 heavy (non-hydrogen) atoms. The number of alkyl halides is 3. The van der Waals surface area contributed by atoms with Crippen molar-refractivity contribution >= 4 is 11.6 Å². The largest absolute Gasteiger partial charge is 0.469 e. The van der Waals surface area contributed by atoms with Crippen molar-refractivity contribution in [1.82, 2.24) is 4.98 Å². The first-order valence-corrected chi connectivity index (χ1v) is 5.86. The molecule has 0 aliphatic carbocycles. The predicted molar refractivity (Wildman–Crippen MR) is 67.2 cm³/mol. The van der Waals surface area contributed by atoms with Crippen LogP contribution < -0.4 is 10.1 Å². The second-order valence-corrected chi connectivity index (χ2v) is 4.13. The second kappa shape index (κ2) is 5.86. The number of pyridine rings is 1. The first-order valence-electron chi connectivity index (χ1n) is 5.86. The minimum Gasteiger partial charge on any atom is -0.469 e. The highest BCUT2D eigenvalue weighted by atomic mass is 19.4. The van der Waals surface area contributed by atoms with E-state index in [1.165, 1.54) is 30.7 Å². The van der Waals surface area contributed by atoms with Gasteiger partial charge in [-0.2, -0.15) is 13.2 Å². The van der Waals surface area contributed by atoms with Crippen LogP contribution in [0.1, 0.15) is 16.1 Å². The Morgan fingerprint density at radius 2 is 2.14 bits per heavy atom. The molecular formula is C13H11F3N2O3. The van der Waals surface area contributed by atoms with Gasteiger partial charge in [-0.25, -0.2) is 4.98 Å². The molecular weight excluding hydrogens is 289 g/mol. The summed E-state index contributed by atoms with van der Waals surface area (Å²) in [6.07, 6.45) is -1.83. The number of anilines is 1. The zero-order valence-electron chi connectivity index (χ0n) is 10.9. The number of ether oxygens (including phenoxy) is 1. The van der Waals surface area contributed by atoms with E-state index < -0.39 is 18.7 Å². The van der Waals surface area contributed by atoms with Gasteiger partial charge in [-0.3, -0.25) is 4.79 Å². The number of amides is 1. The van der Waals surface area contributed by atoms with Crippen LogP contribution in [0.4, 0.5) is 18.9 Å². The molecule has 0 aliphatic rings. The summed E-state index contributed by atoms with van der Waals surface area (Å²) in [5.74, 6) is -0.109. The zero-order chi connectivity index (χ0) is 15.5. The van der Waals surface area contributed by atoms with Crippen molar-refractivity contribution in [3.05, 3.63) is 42.0 Å². The lowest BCUT2D eigenvalue weighted by Gasteiger charge is -2.09. The van der Waals surface area contributed by atoms with Crippen molar-refractivity contribution in [3.8, 4) is 5.88 Å². The van der Waals surface area contributed by atoms with Gasteiger partial charge < -0.3 is 14.5 Å². The Morgan fingerprint density at radius 1 is 1.38 bits per heavy atom. The summed E-state index contributed by atoms with van der Waals surface area (Å²) in [5.41, 5.74) is 0.701. The molecule has 0 fully saturated rings. The molecule has 1 amide bonds. The highest BCUT2D eigenvalue weighted by molar-refractivity contribution is 6.04. The minimum absolute atomic E-state index is 0.176. The third-order valence-electron chi connectivity index (χ3n) is 2.48. The molecule has 0 saturated carbocycles. The van der Waals surface area contributed by atoms with E-state index in [1.807, 2.05) is 0 Å². The first kappa shape index (κ1) is 14.9. The molecule has 5 nitrogen and oxygen atoms in total. The number of hydrogen-bond donors (Lipinski definition) is 1. The lowest BCUT2D eigenvalue weighted by Crippen LogP contribution is -2.19. The van der Waals surface area contributed by atoms with Crippen LogP contribution >= 0.6 is 0 Å². The number of nitrogens with one attached hydrogen (secondary N) is 1. The Labute approximate surface area is 117 Å². The van der Waals surface area contributed by atoms with E-state index in [-0.39, 0.29) is 5.88 Å². The molecule has 0 aliphatic heterocycles. The predicted octanol–water partition coefficient (Wildman–Crippen LogP) is 3.18. The van der Waals surface area contributed by atoms with E-state index in [1.54, 1.807) is 6.92 Å². The third kappa shape index (κ3) is 4.23. The summed E-state index contributed by atoms with van der Waals surface area (Å²) in [6, 6.07) is 4.15. The average Bonchev–Trinajstić information content (AvgIpc) is 2.83. The number of aromatic nitrogens is 1. The van der Waals surface area contributed by atoms with Crippen LogP contribution in [0.25, 0.3) is 0 Å². The number of rotatable bonds is 4. The summed E-state index contributed by atoms with van der Waals surface area (Å²) < 4.78 is 45.4. The SMILES string of the molecule is Cc1occc1C(=O)Nc1ccc(OCC(F)(F)F)nc1. The summed E-state index contributed by atoms with van der Waals surface area (Å²) in [7, 11) is 0. The lowest BCUT2D eigenvalue weighted by atomic mass is 10.2. The van der Waals surface area contributed by atoms with E-state index in [0.29, 0.717) is 17.0 Å². The molecule has 0 bridgehead atoms. The van der Waals surface area contributed by atoms with E-state index in [4.69, 9.17) is 4.42 Å². The number of hydrogen-bond acceptors (Lipinski definition) is 4. The fourth-order valence-electron chi connectivity index (χ4n) is 1.51. The molecule has 2 aromatic heterocycles. The Bertz CT molecular complexity index is 620. The molecule has 2 rings (SSSR count). The summed E-state index contributed by atoms with van der Waals surface area (Å²) in [5, 5.41) is 2.55. The van der Waals surface area contributed by atoms with Gasteiger partial charge in [0.15, 0.2) is 6.61 Å². The monoisotopic (exact) mass is 300 g/mol. The van der Waals surface area contributed by atoms with Crippen molar-refractivity contribution in [3.63, 3.8) is 0 Å². The van der Waals surface area contributed by atoms with Gasteiger partial charge in [-0.1, -0.05) is 0 Å². The van der Waals surface area contributed by atoms with E-state index in [2.05, 4.69) is 15.0 Å². The molecule has 0 aromatic carbocycles. The fourth-order valence-corrected chi connectivity index (χ4v) is 1.51. The van der Waals surface area contributed by atoms with Gasteiger partial charge in [0.2, 0.25) is 5.88 Å². The summed E-state index contributed by atoms with van der Waals surface area (Å²) in [6.45, 7) is 0.223.